The van der Waals surface area contributed by atoms with Crippen LogP contribution in [0.2, 0.25) is 0 Å². The van der Waals surface area contributed by atoms with Crippen LogP contribution >= 0.6 is 0 Å². The van der Waals surface area contributed by atoms with E-state index in [-0.39, 0.29) is 5.91 Å². The van der Waals surface area contributed by atoms with Crippen LogP contribution in [-0.2, 0) is 17.6 Å². The van der Waals surface area contributed by atoms with Gasteiger partial charge in [-0.15, -0.1) is 0 Å². The van der Waals surface area contributed by atoms with E-state index < -0.39 is 0 Å². The van der Waals surface area contributed by atoms with Gasteiger partial charge in [-0.1, -0.05) is 6.07 Å². The van der Waals surface area contributed by atoms with Gasteiger partial charge in [-0.3, -0.25) is 9.78 Å². The maximum absolute atomic E-state index is 12.8. The van der Waals surface area contributed by atoms with Crippen molar-refractivity contribution >= 4 is 11.6 Å². The van der Waals surface area contributed by atoms with E-state index in [4.69, 9.17) is 0 Å². The van der Waals surface area contributed by atoms with Crippen LogP contribution in [0.15, 0.2) is 42.9 Å². The summed E-state index contributed by atoms with van der Waals surface area (Å²) in [6.45, 7) is 7.46. The fourth-order valence-electron chi connectivity index (χ4n) is 3.11. The third-order valence-electron chi connectivity index (χ3n) is 4.62. The SMILES string of the molecule is CCN(CCc1ccncc1)C(=O)Cc1c(C)nc2c(C)cccn12. The van der Waals surface area contributed by atoms with Crippen LogP contribution in [0.5, 0.6) is 0 Å². The summed E-state index contributed by atoms with van der Waals surface area (Å²) in [6.07, 6.45) is 6.78. The molecule has 1 amide bonds. The minimum Gasteiger partial charge on any atom is -0.342 e. The highest BCUT2D eigenvalue weighted by molar-refractivity contribution is 5.79. The standard InChI is InChI=1S/C20H24N4O/c1-4-23(13-9-17-7-10-21-11-8-17)19(25)14-18-16(3)22-20-15(2)6-5-12-24(18)20/h5-8,10-12H,4,9,13-14H2,1-3H3. The molecule has 0 aliphatic carbocycles. The fourth-order valence-corrected chi connectivity index (χ4v) is 3.11. The molecule has 0 unspecified atom stereocenters. The lowest BCUT2D eigenvalue weighted by Gasteiger charge is -2.21. The number of pyridine rings is 2. The van der Waals surface area contributed by atoms with Crippen LogP contribution in [0.1, 0.15) is 29.4 Å². The summed E-state index contributed by atoms with van der Waals surface area (Å²) < 4.78 is 2.04. The smallest absolute Gasteiger partial charge is 0.228 e. The summed E-state index contributed by atoms with van der Waals surface area (Å²) in [5, 5.41) is 0. The van der Waals surface area contributed by atoms with Crippen molar-refractivity contribution in [3.05, 3.63) is 65.4 Å². The molecular weight excluding hydrogens is 312 g/mol. The molecule has 0 fully saturated rings. The molecule has 5 nitrogen and oxygen atoms in total. The molecule has 0 spiro atoms. The Morgan fingerprint density at radius 1 is 1.20 bits per heavy atom. The Balaban J connectivity index is 1.74. The molecule has 0 saturated heterocycles. The third-order valence-corrected chi connectivity index (χ3v) is 4.62. The molecule has 5 heteroatoms. The van der Waals surface area contributed by atoms with Crippen molar-refractivity contribution in [1.29, 1.82) is 0 Å². The second-order valence-corrected chi connectivity index (χ2v) is 6.28. The van der Waals surface area contributed by atoms with Crippen molar-refractivity contribution in [2.75, 3.05) is 13.1 Å². The Morgan fingerprint density at radius 2 is 1.96 bits per heavy atom. The van der Waals surface area contributed by atoms with E-state index in [1.165, 1.54) is 5.56 Å². The summed E-state index contributed by atoms with van der Waals surface area (Å²) in [5.74, 6) is 0.142. The molecule has 0 aliphatic heterocycles. The van der Waals surface area contributed by atoms with Gasteiger partial charge in [0.25, 0.3) is 0 Å². The van der Waals surface area contributed by atoms with E-state index in [1.807, 2.05) is 60.5 Å². The van der Waals surface area contributed by atoms with Crippen LogP contribution in [0.4, 0.5) is 0 Å². The monoisotopic (exact) mass is 336 g/mol. The van der Waals surface area contributed by atoms with E-state index >= 15 is 0 Å². The number of aromatic nitrogens is 3. The van der Waals surface area contributed by atoms with Crippen molar-refractivity contribution < 1.29 is 4.79 Å². The predicted molar refractivity (Wildman–Crippen MR) is 98.6 cm³/mol. The van der Waals surface area contributed by atoms with Gasteiger partial charge in [0.1, 0.15) is 5.65 Å². The molecule has 3 aromatic rings. The van der Waals surface area contributed by atoms with Crippen molar-refractivity contribution in [3.8, 4) is 0 Å². The molecule has 25 heavy (non-hydrogen) atoms. The van der Waals surface area contributed by atoms with Crippen molar-refractivity contribution in [2.45, 2.75) is 33.6 Å². The largest absolute Gasteiger partial charge is 0.342 e. The number of carbonyl (C=O) groups excluding carboxylic acids is 1. The van der Waals surface area contributed by atoms with Crippen LogP contribution in [0.3, 0.4) is 0 Å². The van der Waals surface area contributed by atoms with E-state index in [0.29, 0.717) is 19.5 Å². The molecule has 0 saturated carbocycles. The summed E-state index contributed by atoms with van der Waals surface area (Å²) in [4.78, 5) is 23.4. The second kappa shape index (κ2) is 7.47. The fraction of sp³-hybridized carbons (Fsp3) is 0.350. The lowest BCUT2D eigenvalue weighted by Crippen LogP contribution is -2.34. The highest BCUT2D eigenvalue weighted by atomic mass is 16.2. The van der Waals surface area contributed by atoms with E-state index in [1.54, 1.807) is 12.4 Å². The van der Waals surface area contributed by atoms with Gasteiger partial charge in [-0.2, -0.15) is 0 Å². The van der Waals surface area contributed by atoms with Gasteiger partial charge in [0.15, 0.2) is 0 Å². The van der Waals surface area contributed by atoms with E-state index in [9.17, 15) is 4.79 Å². The molecule has 0 aromatic carbocycles. The van der Waals surface area contributed by atoms with Gasteiger partial charge >= 0.3 is 0 Å². The molecular formula is C20H24N4O. The Labute approximate surface area is 148 Å². The molecule has 0 aliphatic rings. The molecule has 0 radical (unpaired) electrons. The predicted octanol–water partition coefficient (Wildman–Crippen LogP) is 2.98. The molecule has 3 heterocycles. The van der Waals surface area contributed by atoms with Crippen molar-refractivity contribution in [2.24, 2.45) is 0 Å². The summed E-state index contributed by atoms with van der Waals surface area (Å²) in [6, 6.07) is 8.03. The average molecular weight is 336 g/mol. The topological polar surface area (TPSA) is 50.5 Å². The maximum atomic E-state index is 12.8. The Morgan fingerprint density at radius 3 is 2.68 bits per heavy atom. The highest BCUT2D eigenvalue weighted by Crippen LogP contribution is 2.16. The van der Waals surface area contributed by atoms with Gasteiger partial charge in [0.2, 0.25) is 5.91 Å². The lowest BCUT2D eigenvalue weighted by atomic mass is 10.1. The minimum atomic E-state index is 0.142. The molecule has 0 N–H and O–H groups in total. The second-order valence-electron chi connectivity index (χ2n) is 6.28. The Kier molecular flexibility index (Phi) is 5.12. The molecule has 130 valence electrons. The number of hydrogen-bond acceptors (Lipinski definition) is 3. The van der Waals surface area contributed by atoms with Gasteiger partial charge in [-0.25, -0.2) is 4.98 Å². The lowest BCUT2D eigenvalue weighted by molar-refractivity contribution is -0.130. The van der Waals surface area contributed by atoms with Crippen LogP contribution in [0, 0.1) is 13.8 Å². The first kappa shape index (κ1) is 17.1. The number of imidazole rings is 1. The average Bonchev–Trinajstić information content (AvgIpc) is 2.94. The molecule has 0 atom stereocenters. The summed E-state index contributed by atoms with van der Waals surface area (Å²) in [5.41, 5.74) is 5.15. The summed E-state index contributed by atoms with van der Waals surface area (Å²) >= 11 is 0. The first-order chi connectivity index (χ1) is 12.1. The van der Waals surface area contributed by atoms with Crippen LogP contribution < -0.4 is 0 Å². The van der Waals surface area contributed by atoms with Gasteiger partial charge in [0, 0.05) is 31.7 Å². The number of aryl methyl sites for hydroxylation is 2. The van der Waals surface area contributed by atoms with Gasteiger partial charge < -0.3 is 9.30 Å². The maximum Gasteiger partial charge on any atom is 0.228 e. The quantitative estimate of drug-likeness (QED) is 0.695. The highest BCUT2D eigenvalue weighted by Gasteiger charge is 2.17. The Bertz CT molecular complexity index is 870. The van der Waals surface area contributed by atoms with E-state index in [0.717, 1.165) is 29.0 Å². The van der Waals surface area contributed by atoms with Gasteiger partial charge in [-0.05, 0) is 56.5 Å². The first-order valence-corrected chi connectivity index (χ1v) is 8.70. The van der Waals surface area contributed by atoms with Crippen molar-refractivity contribution in [3.63, 3.8) is 0 Å². The van der Waals surface area contributed by atoms with Crippen LogP contribution in [0.25, 0.3) is 5.65 Å². The molecule has 0 bridgehead atoms. The number of amides is 1. The number of hydrogen-bond donors (Lipinski definition) is 0. The summed E-state index contributed by atoms with van der Waals surface area (Å²) in [7, 11) is 0. The van der Waals surface area contributed by atoms with E-state index in [2.05, 4.69) is 9.97 Å². The first-order valence-electron chi connectivity index (χ1n) is 8.70. The van der Waals surface area contributed by atoms with Crippen LogP contribution in [-0.4, -0.2) is 38.3 Å². The number of rotatable bonds is 6. The number of carbonyl (C=O) groups is 1. The normalized spacial score (nSPS) is 11.0. The molecule has 3 rings (SSSR count). The zero-order valence-electron chi connectivity index (χ0n) is 15.1. The minimum absolute atomic E-state index is 0.142. The van der Waals surface area contributed by atoms with Gasteiger partial charge in [0.05, 0.1) is 17.8 Å². The molecule has 3 aromatic heterocycles. The number of fused-ring (bicyclic) bond motifs is 1. The zero-order valence-corrected chi connectivity index (χ0v) is 15.1. The number of nitrogens with zero attached hydrogens (tertiary/aromatic N) is 4. The number of likely N-dealkylation sites (N-methyl/N-ethyl adjacent to an activating group) is 1. The zero-order chi connectivity index (χ0) is 17.8. The van der Waals surface area contributed by atoms with Crippen molar-refractivity contribution in [1.82, 2.24) is 19.3 Å². The third kappa shape index (κ3) is 3.71. The Hall–Kier alpha value is -2.69.